The second kappa shape index (κ2) is 10.5. The van der Waals surface area contributed by atoms with Gasteiger partial charge in [0, 0.05) is 0 Å². The van der Waals surface area contributed by atoms with Crippen molar-refractivity contribution < 1.29 is 22.7 Å². The van der Waals surface area contributed by atoms with Gasteiger partial charge < -0.3 is 9.47 Å². The van der Waals surface area contributed by atoms with Crippen molar-refractivity contribution in [1.29, 1.82) is 0 Å². The number of benzene rings is 3. The van der Waals surface area contributed by atoms with Crippen LogP contribution in [-0.4, -0.2) is 41.3 Å². The number of nitrogens with one attached hydrogen (secondary N) is 1. The molecule has 1 N–H and O–H groups in total. The van der Waals surface area contributed by atoms with Crippen molar-refractivity contribution in [3.63, 3.8) is 0 Å². The predicted molar refractivity (Wildman–Crippen MR) is 123 cm³/mol. The molecule has 0 unspecified atom stereocenters. The number of sulfonamides is 1. The zero-order valence-corrected chi connectivity index (χ0v) is 18.5. The molecule has 0 aliphatic heterocycles. The molecule has 32 heavy (non-hydrogen) atoms. The van der Waals surface area contributed by atoms with Gasteiger partial charge in [-0.2, -0.15) is 5.10 Å². The summed E-state index contributed by atoms with van der Waals surface area (Å²) in [5.41, 5.74) is 3.33. The second-order valence-electron chi connectivity index (χ2n) is 6.57. The number of para-hydroxylation sites is 2. The molecule has 8 nitrogen and oxygen atoms in total. The minimum Gasteiger partial charge on any atom is -0.497 e. The van der Waals surface area contributed by atoms with Gasteiger partial charge in [0.2, 0.25) is 0 Å². The van der Waals surface area contributed by atoms with E-state index in [0.29, 0.717) is 17.1 Å². The molecule has 0 aliphatic rings. The maximum absolute atomic E-state index is 13.3. The van der Waals surface area contributed by atoms with Crippen LogP contribution in [0.1, 0.15) is 5.56 Å². The van der Waals surface area contributed by atoms with E-state index in [1.807, 2.05) is 0 Å². The van der Waals surface area contributed by atoms with Crippen molar-refractivity contribution in [1.82, 2.24) is 5.43 Å². The standard InChI is InChI=1S/C23H23N3O5S/c1-30-19-10-8-9-18(15-19)16-24-25-23(27)17-26(21-13-6-7-14-22(21)31-2)32(28,29)20-11-4-3-5-12-20/h3-16H,17H2,1-2H3,(H,25,27)/b24-16-. The SMILES string of the molecule is COc1cccc(/C=N\NC(=O)CN(c2ccccc2OC)S(=O)(=O)c2ccccc2)c1. The summed E-state index contributed by atoms with van der Waals surface area (Å²) in [4.78, 5) is 12.7. The fourth-order valence-electron chi connectivity index (χ4n) is 2.92. The van der Waals surface area contributed by atoms with Gasteiger partial charge in [0.15, 0.2) is 0 Å². The number of amides is 1. The highest BCUT2D eigenvalue weighted by atomic mass is 32.2. The molecule has 0 saturated heterocycles. The number of hydrazone groups is 1. The maximum atomic E-state index is 13.3. The first-order chi connectivity index (χ1) is 15.5. The van der Waals surface area contributed by atoms with Crippen LogP contribution in [0.4, 0.5) is 5.69 Å². The summed E-state index contributed by atoms with van der Waals surface area (Å²) in [6.07, 6.45) is 1.44. The van der Waals surface area contributed by atoms with Crippen LogP contribution in [-0.2, 0) is 14.8 Å². The van der Waals surface area contributed by atoms with E-state index in [1.165, 1.54) is 25.5 Å². The zero-order valence-electron chi connectivity index (χ0n) is 17.6. The van der Waals surface area contributed by atoms with Gasteiger partial charge in [0.05, 0.1) is 31.0 Å². The van der Waals surface area contributed by atoms with E-state index in [0.717, 1.165) is 4.31 Å². The molecule has 0 fully saturated rings. The highest BCUT2D eigenvalue weighted by Crippen LogP contribution is 2.32. The average molecular weight is 454 g/mol. The lowest BCUT2D eigenvalue weighted by Gasteiger charge is -2.25. The normalized spacial score (nSPS) is 11.2. The Kier molecular flexibility index (Phi) is 7.45. The van der Waals surface area contributed by atoms with E-state index in [4.69, 9.17) is 9.47 Å². The Bertz CT molecular complexity index is 1200. The summed E-state index contributed by atoms with van der Waals surface area (Å²) in [6.45, 7) is -0.493. The number of carbonyl (C=O) groups excluding carboxylic acids is 1. The molecule has 0 aromatic heterocycles. The molecule has 3 aromatic carbocycles. The molecule has 3 aromatic rings. The van der Waals surface area contributed by atoms with Crippen LogP contribution in [0, 0.1) is 0 Å². The fraction of sp³-hybridized carbons (Fsp3) is 0.130. The lowest BCUT2D eigenvalue weighted by atomic mass is 10.2. The topological polar surface area (TPSA) is 97.3 Å². The molecule has 9 heteroatoms. The van der Waals surface area contributed by atoms with Crippen molar-refractivity contribution >= 4 is 27.8 Å². The van der Waals surface area contributed by atoms with E-state index >= 15 is 0 Å². The van der Waals surface area contributed by atoms with Crippen LogP contribution in [0.2, 0.25) is 0 Å². The first kappa shape index (κ1) is 22.8. The highest BCUT2D eigenvalue weighted by molar-refractivity contribution is 7.92. The van der Waals surface area contributed by atoms with Crippen molar-refractivity contribution in [2.45, 2.75) is 4.90 Å². The van der Waals surface area contributed by atoms with Crippen LogP contribution in [0.3, 0.4) is 0 Å². The third kappa shape index (κ3) is 5.44. The van der Waals surface area contributed by atoms with Gasteiger partial charge in [-0.15, -0.1) is 0 Å². The van der Waals surface area contributed by atoms with Crippen LogP contribution in [0.15, 0.2) is 88.9 Å². The Morgan fingerprint density at radius 1 is 0.969 bits per heavy atom. The van der Waals surface area contributed by atoms with Crippen molar-refractivity contribution in [2.75, 3.05) is 25.1 Å². The number of ether oxygens (including phenoxy) is 2. The van der Waals surface area contributed by atoms with Crippen molar-refractivity contribution in [3.8, 4) is 11.5 Å². The van der Waals surface area contributed by atoms with Gasteiger partial charge in [-0.25, -0.2) is 13.8 Å². The van der Waals surface area contributed by atoms with E-state index in [2.05, 4.69) is 10.5 Å². The maximum Gasteiger partial charge on any atom is 0.264 e. The Balaban J connectivity index is 1.85. The lowest BCUT2D eigenvalue weighted by molar-refractivity contribution is -0.119. The number of carbonyl (C=O) groups is 1. The van der Waals surface area contributed by atoms with Crippen LogP contribution >= 0.6 is 0 Å². The number of methoxy groups -OCH3 is 2. The molecule has 1 amide bonds. The van der Waals surface area contributed by atoms with Gasteiger partial charge in [-0.05, 0) is 42.0 Å². The predicted octanol–water partition coefficient (Wildman–Crippen LogP) is 3.05. The smallest absolute Gasteiger partial charge is 0.264 e. The molecule has 0 saturated carbocycles. The Labute approximate surface area is 187 Å². The Hall–Kier alpha value is -3.85. The summed E-state index contributed by atoms with van der Waals surface area (Å²) in [5, 5.41) is 3.93. The molecule has 0 heterocycles. The quantitative estimate of drug-likeness (QED) is 0.397. The first-order valence-electron chi connectivity index (χ1n) is 9.62. The Morgan fingerprint density at radius 3 is 2.41 bits per heavy atom. The largest absolute Gasteiger partial charge is 0.497 e. The fourth-order valence-corrected chi connectivity index (χ4v) is 4.37. The number of rotatable bonds is 9. The van der Waals surface area contributed by atoms with E-state index in [9.17, 15) is 13.2 Å². The third-order valence-corrected chi connectivity index (χ3v) is 6.24. The molecular formula is C23H23N3O5S. The van der Waals surface area contributed by atoms with Crippen LogP contribution < -0.4 is 19.2 Å². The Morgan fingerprint density at radius 2 is 1.69 bits per heavy atom. The summed E-state index contributed by atoms with van der Waals surface area (Å²) < 4.78 is 38.1. The van der Waals surface area contributed by atoms with Crippen molar-refractivity contribution in [2.24, 2.45) is 5.10 Å². The zero-order chi connectivity index (χ0) is 23.0. The number of hydrogen-bond acceptors (Lipinski definition) is 6. The summed E-state index contributed by atoms with van der Waals surface area (Å²) in [7, 11) is -1.06. The second-order valence-corrected chi connectivity index (χ2v) is 8.43. The monoisotopic (exact) mass is 453 g/mol. The van der Waals surface area contributed by atoms with Gasteiger partial charge >= 0.3 is 0 Å². The third-order valence-electron chi connectivity index (χ3n) is 4.47. The number of hydrogen-bond donors (Lipinski definition) is 1. The minimum atomic E-state index is -4.04. The van der Waals surface area contributed by atoms with Crippen molar-refractivity contribution in [3.05, 3.63) is 84.4 Å². The van der Waals surface area contributed by atoms with Gasteiger partial charge in [0.25, 0.3) is 15.9 Å². The molecule has 0 radical (unpaired) electrons. The molecule has 3 rings (SSSR count). The van der Waals surface area contributed by atoms with E-state index in [1.54, 1.807) is 73.8 Å². The lowest BCUT2D eigenvalue weighted by Crippen LogP contribution is -2.39. The molecule has 0 atom stereocenters. The minimum absolute atomic E-state index is 0.0542. The molecule has 0 aliphatic carbocycles. The molecule has 0 bridgehead atoms. The van der Waals surface area contributed by atoms with Gasteiger partial charge in [-0.3, -0.25) is 9.10 Å². The summed E-state index contributed by atoms with van der Waals surface area (Å²) in [5.74, 6) is 0.353. The van der Waals surface area contributed by atoms with Crippen LogP contribution in [0.25, 0.3) is 0 Å². The molecular weight excluding hydrogens is 430 g/mol. The average Bonchev–Trinajstić information content (AvgIpc) is 2.83. The first-order valence-corrected chi connectivity index (χ1v) is 11.1. The number of anilines is 1. The molecule has 166 valence electrons. The van der Waals surface area contributed by atoms with Gasteiger partial charge in [-0.1, -0.05) is 42.5 Å². The molecule has 0 spiro atoms. The summed E-state index contributed by atoms with van der Waals surface area (Å²) >= 11 is 0. The van der Waals surface area contributed by atoms with E-state index in [-0.39, 0.29) is 10.6 Å². The van der Waals surface area contributed by atoms with Gasteiger partial charge in [0.1, 0.15) is 18.0 Å². The highest BCUT2D eigenvalue weighted by Gasteiger charge is 2.29. The summed E-state index contributed by atoms with van der Waals surface area (Å²) in [6, 6.07) is 21.6. The van der Waals surface area contributed by atoms with Crippen LogP contribution in [0.5, 0.6) is 11.5 Å². The number of nitrogens with zero attached hydrogens (tertiary/aromatic N) is 2. The van der Waals surface area contributed by atoms with E-state index < -0.39 is 22.5 Å².